The number of ether oxygens (including phenoxy) is 1. The van der Waals surface area contributed by atoms with Crippen LogP contribution in [0.5, 0.6) is 0 Å². The fourth-order valence-electron chi connectivity index (χ4n) is 9.24. The molecular weight excluding hydrogens is 799 g/mol. The number of imidazole rings is 1. The van der Waals surface area contributed by atoms with Crippen LogP contribution in [0.3, 0.4) is 0 Å². The topological polar surface area (TPSA) is 159 Å². The van der Waals surface area contributed by atoms with Gasteiger partial charge in [-0.2, -0.15) is 5.10 Å². The van der Waals surface area contributed by atoms with Crippen LogP contribution in [0.1, 0.15) is 123 Å². The molecule has 5 aromatic rings. The molecule has 0 saturated heterocycles. The molecule has 0 aliphatic heterocycles. The van der Waals surface area contributed by atoms with Crippen molar-refractivity contribution in [3.8, 4) is 11.5 Å². The number of nitrogens with one attached hydrogen (secondary N) is 1. The Labute approximate surface area is 359 Å². The fourth-order valence-corrected chi connectivity index (χ4v) is 9.24. The number of carbonyl (C=O) groups excluding carboxylic acids is 3. The smallest absolute Gasteiger partial charge is 0.329 e. The number of Topliss-reactive ketones (excluding diaryl/α,β-unsaturated/α-hetero) is 2. The minimum absolute atomic E-state index is 0.0106. The number of carbonyl (C=O) groups is 3. The predicted octanol–water partition coefficient (Wildman–Crippen LogP) is 7.68. The first kappa shape index (κ1) is 43.3. The van der Waals surface area contributed by atoms with Gasteiger partial charge in [-0.25, -0.2) is 18.6 Å². The molecule has 1 unspecified atom stereocenters. The Kier molecular flexibility index (Phi) is 13.5. The maximum Gasteiger partial charge on any atom is 0.329 e. The van der Waals surface area contributed by atoms with Crippen molar-refractivity contribution in [2.45, 2.75) is 108 Å². The number of anilines is 1. The molecule has 1 N–H and O–H groups in total. The minimum Gasteiger partial charge on any atom is -0.444 e. The van der Waals surface area contributed by atoms with Crippen molar-refractivity contribution in [3.63, 3.8) is 0 Å². The molecule has 3 saturated carbocycles. The molecule has 4 heterocycles. The number of fused-ring (bicyclic) bond motifs is 1. The van der Waals surface area contributed by atoms with Gasteiger partial charge in [0.15, 0.2) is 17.2 Å². The zero-order valence-corrected chi connectivity index (χ0v) is 35.6. The zero-order chi connectivity index (χ0) is 43.3. The lowest BCUT2D eigenvalue weighted by molar-refractivity contribution is -0.132. The average molecular weight is 855 g/mol. The number of aryl methyl sites for hydroxylation is 3. The molecule has 8 rings (SSSR count). The Balaban J connectivity index is 0.752. The lowest BCUT2D eigenvalue weighted by atomic mass is 9.86. The van der Waals surface area contributed by atoms with Gasteiger partial charge in [-0.1, -0.05) is 25.0 Å². The molecule has 62 heavy (non-hydrogen) atoms. The van der Waals surface area contributed by atoms with E-state index in [0.29, 0.717) is 37.5 Å². The van der Waals surface area contributed by atoms with Gasteiger partial charge in [0.05, 0.1) is 35.2 Å². The van der Waals surface area contributed by atoms with E-state index in [4.69, 9.17) is 9.15 Å². The van der Waals surface area contributed by atoms with Gasteiger partial charge in [0.2, 0.25) is 5.89 Å². The molecule has 3 fully saturated rings. The Morgan fingerprint density at radius 1 is 1.02 bits per heavy atom. The second-order valence-corrected chi connectivity index (χ2v) is 17.5. The summed E-state index contributed by atoms with van der Waals surface area (Å²) in [5, 5.41) is 6.84. The van der Waals surface area contributed by atoms with Crippen LogP contribution >= 0.6 is 0 Å². The Bertz CT molecular complexity index is 2440. The largest absolute Gasteiger partial charge is 0.444 e. The van der Waals surface area contributed by atoms with E-state index < -0.39 is 24.1 Å². The lowest BCUT2D eigenvalue weighted by Crippen LogP contribution is -2.34. The van der Waals surface area contributed by atoms with E-state index in [1.807, 2.05) is 24.3 Å². The third-order valence-electron chi connectivity index (χ3n) is 12.8. The predicted molar refractivity (Wildman–Crippen MR) is 228 cm³/mol. The van der Waals surface area contributed by atoms with Crippen LogP contribution in [0.2, 0.25) is 0 Å². The number of pyridine rings is 1. The van der Waals surface area contributed by atoms with Crippen molar-refractivity contribution >= 4 is 34.2 Å². The molecule has 1 atom stereocenters. The molecule has 330 valence electrons. The third-order valence-corrected chi connectivity index (χ3v) is 12.8. The number of nitrogens with zero attached hydrogens (tertiary/aromatic N) is 7. The summed E-state index contributed by atoms with van der Waals surface area (Å²) in [6, 6.07) is 8.84. The molecule has 3 aliphatic rings. The van der Waals surface area contributed by atoms with Gasteiger partial charge in [-0.05, 0) is 107 Å². The van der Waals surface area contributed by atoms with Gasteiger partial charge >= 0.3 is 5.69 Å². The van der Waals surface area contributed by atoms with Crippen LogP contribution in [-0.4, -0.2) is 84.6 Å². The van der Waals surface area contributed by atoms with E-state index in [1.165, 1.54) is 25.3 Å². The Morgan fingerprint density at radius 3 is 2.58 bits per heavy atom. The second kappa shape index (κ2) is 19.4. The minimum atomic E-state index is -2.86. The van der Waals surface area contributed by atoms with E-state index in [0.717, 1.165) is 99.1 Å². The van der Waals surface area contributed by atoms with Crippen molar-refractivity contribution in [1.82, 2.24) is 33.8 Å². The number of amides is 1. The van der Waals surface area contributed by atoms with Crippen molar-refractivity contribution in [3.05, 3.63) is 82.1 Å². The third kappa shape index (κ3) is 10.1. The number of hydrogen-bond donors (Lipinski definition) is 1. The summed E-state index contributed by atoms with van der Waals surface area (Å²) in [7, 11) is 3.85. The number of hydrogen-bond acceptors (Lipinski definition) is 10. The highest BCUT2D eigenvalue weighted by atomic mass is 19.3. The van der Waals surface area contributed by atoms with Gasteiger partial charge in [-0.3, -0.25) is 33.2 Å². The first-order chi connectivity index (χ1) is 30.0. The summed E-state index contributed by atoms with van der Waals surface area (Å²) < 4.78 is 44.7. The van der Waals surface area contributed by atoms with E-state index in [2.05, 4.69) is 32.3 Å². The lowest BCUT2D eigenvalue weighted by Gasteiger charge is -2.31. The second-order valence-electron chi connectivity index (χ2n) is 17.5. The number of halogens is 2. The summed E-state index contributed by atoms with van der Waals surface area (Å²) in [4.78, 5) is 62.0. The highest BCUT2D eigenvalue weighted by molar-refractivity contribution is 6.04. The molecule has 14 nitrogen and oxygen atoms in total. The zero-order valence-electron chi connectivity index (χ0n) is 35.6. The van der Waals surface area contributed by atoms with Gasteiger partial charge in [-0.15, -0.1) is 0 Å². The van der Waals surface area contributed by atoms with E-state index >= 15 is 0 Å². The molecule has 1 amide bonds. The molecule has 4 aromatic heterocycles. The number of para-hydroxylation sites is 1. The van der Waals surface area contributed by atoms with Crippen LogP contribution in [0, 0.1) is 11.8 Å². The van der Waals surface area contributed by atoms with Gasteiger partial charge in [0.25, 0.3) is 12.3 Å². The molecule has 0 bridgehead atoms. The molecule has 0 spiro atoms. The quantitative estimate of drug-likeness (QED) is 0.0645. The monoisotopic (exact) mass is 854 g/mol. The van der Waals surface area contributed by atoms with Gasteiger partial charge in [0.1, 0.15) is 12.0 Å². The first-order valence-corrected chi connectivity index (χ1v) is 22.1. The highest BCUT2D eigenvalue weighted by Gasteiger charge is 2.32. The molecule has 1 aromatic carbocycles. The maximum atomic E-state index is 14.1. The SMILES string of the molecule is CN(CCCOCCCc1cccc2c1n(C)c(=O)n2C1CCC(=O)CC1=O)CC1CCC(n2cc(NC(=O)c3coc(-c4ccnc(CCC5CC5)c4)n3)c(C(F)F)n2)CC1. The molecule has 3 aliphatic carbocycles. The molecule has 0 radical (unpaired) electrons. The summed E-state index contributed by atoms with van der Waals surface area (Å²) >= 11 is 0. The standard InChI is InChI=1S/C46H56F2N8O6/c1-53(21-5-23-61-22-4-7-31-6-3-8-39-42(31)54(2)46(60)56(39)38-18-17-35(57)25-40(38)58)26-30-12-15-34(16-13-30)55-27-36(41(52-55)43(47)48)50-44(59)37-28-62-45(51-37)32-19-20-49-33(24-32)14-11-29-9-10-29/h3,6,8,19-20,24,27-30,34,38,43H,4-5,7,9-18,21-23,25-26H2,1-2H3,(H,50,59). The summed E-state index contributed by atoms with van der Waals surface area (Å²) in [6.07, 6.45) is 12.5. The van der Waals surface area contributed by atoms with Crippen LogP contribution in [0.25, 0.3) is 22.5 Å². The van der Waals surface area contributed by atoms with E-state index in [-0.39, 0.29) is 47.0 Å². The maximum absolute atomic E-state index is 14.1. The molecular formula is C46H56F2N8O6. The summed E-state index contributed by atoms with van der Waals surface area (Å²) in [5.74, 6) is 0.617. The van der Waals surface area contributed by atoms with Gasteiger partial charge < -0.3 is 19.4 Å². The number of aromatic nitrogens is 6. The van der Waals surface area contributed by atoms with Crippen molar-refractivity contribution in [1.29, 1.82) is 0 Å². The number of benzene rings is 1. The fraction of sp³-hybridized carbons (Fsp3) is 0.543. The normalized spacial score (nSPS) is 19.6. The van der Waals surface area contributed by atoms with Crippen molar-refractivity contribution < 1.29 is 32.3 Å². The molecule has 16 heteroatoms. The van der Waals surface area contributed by atoms with Crippen LogP contribution in [-0.2, 0) is 34.2 Å². The van der Waals surface area contributed by atoms with Gasteiger partial charge in [0, 0.05) is 63.4 Å². The van der Waals surface area contributed by atoms with Crippen LogP contribution in [0.15, 0.2) is 58.2 Å². The number of rotatable bonds is 19. The van der Waals surface area contributed by atoms with Crippen molar-refractivity contribution in [2.24, 2.45) is 18.9 Å². The van der Waals surface area contributed by atoms with Crippen LogP contribution in [0.4, 0.5) is 14.5 Å². The number of ketones is 2. The Morgan fingerprint density at radius 2 is 1.81 bits per heavy atom. The number of alkyl halides is 2. The first-order valence-electron chi connectivity index (χ1n) is 22.1. The Hall–Kier alpha value is -5.35. The van der Waals surface area contributed by atoms with E-state index in [1.54, 1.807) is 33.1 Å². The van der Waals surface area contributed by atoms with E-state index in [9.17, 15) is 28.0 Å². The summed E-state index contributed by atoms with van der Waals surface area (Å²) in [6.45, 7) is 3.04. The van der Waals surface area contributed by atoms with Crippen LogP contribution < -0.4 is 11.0 Å². The van der Waals surface area contributed by atoms with Crippen molar-refractivity contribution in [2.75, 3.05) is 38.7 Å². The summed E-state index contributed by atoms with van der Waals surface area (Å²) in [5.41, 5.74) is 3.48. The number of oxazole rings is 1. The highest BCUT2D eigenvalue weighted by Crippen LogP contribution is 2.36. The average Bonchev–Trinajstić information content (AvgIpc) is 3.66.